The fourth-order valence-electron chi connectivity index (χ4n) is 3.89. The summed E-state index contributed by atoms with van der Waals surface area (Å²) < 4.78 is 12.7. The maximum absolute atomic E-state index is 13.1. The normalized spacial score (nSPS) is 19.1. The molecule has 10 heteroatoms. The van der Waals surface area contributed by atoms with E-state index in [1.165, 1.54) is 0 Å². The van der Waals surface area contributed by atoms with Gasteiger partial charge < -0.3 is 14.8 Å². The molecule has 3 atom stereocenters. The van der Waals surface area contributed by atoms with Crippen molar-refractivity contribution in [2.75, 3.05) is 26.2 Å². The number of ether oxygens (including phenoxy) is 2. The van der Waals surface area contributed by atoms with Crippen molar-refractivity contribution in [2.24, 2.45) is 0 Å². The predicted octanol–water partition coefficient (Wildman–Crippen LogP) is 2.26. The molecule has 4 rings (SSSR count). The molecule has 32 heavy (non-hydrogen) atoms. The lowest BCUT2D eigenvalue weighted by molar-refractivity contribution is -0.123. The number of nitrogens with zero attached hydrogens (tertiary/aromatic N) is 3. The van der Waals surface area contributed by atoms with E-state index in [2.05, 4.69) is 32.6 Å². The Balaban J connectivity index is 1.46. The lowest BCUT2D eigenvalue weighted by Crippen LogP contribution is -2.44. The maximum Gasteiger partial charge on any atom is 0.239 e. The Labute approximate surface area is 191 Å². The number of nitrogens with one attached hydrogen (secondary N) is 3. The van der Waals surface area contributed by atoms with Crippen molar-refractivity contribution >= 4 is 23.3 Å². The van der Waals surface area contributed by atoms with Gasteiger partial charge in [0, 0.05) is 12.2 Å². The van der Waals surface area contributed by atoms with E-state index in [4.69, 9.17) is 9.47 Å². The molecule has 9 nitrogen and oxygen atoms in total. The number of carbonyl (C=O) groups is 1. The van der Waals surface area contributed by atoms with Gasteiger partial charge in [-0.25, -0.2) is 10.9 Å². The van der Waals surface area contributed by atoms with Crippen molar-refractivity contribution in [2.45, 2.75) is 31.0 Å². The summed E-state index contributed by atoms with van der Waals surface area (Å²) >= 11 is 1.74. The number of hydrogen-bond acceptors (Lipinski definition) is 8. The molecule has 0 aliphatic carbocycles. The highest BCUT2D eigenvalue weighted by molar-refractivity contribution is 7.98. The minimum atomic E-state index is -0.371. The topological polar surface area (TPSA) is 102 Å². The molecule has 3 heterocycles. The van der Waals surface area contributed by atoms with Gasteiger partial charge >= 0.3 is 0 Å². The third kappa shape index (κ3) is 4.67. The van der Waals surface area contributed by atoms with Gasteiger partial charge in [0.1, 0.15) is 6.04 Å². The van der Waals surface area contributed by atoms with Crippen LogP contribution in [0.25, 0.3) is 5.65 Å². The van der Waals surface area contributed by atoms with Crippen molar-refractivity contribution in [3.05, 3.63) is 54.0 Å². The van der Waals surface area contributed by atoms with Gasteiger partial charge in [0.2, 0.25) is 5.91 Å². The Bertz CT molecular complexity index is 1070. The molecule has 1 aliphatic heterocycles. The number of hydrogen-bond donors (Lipinski definition) is 3. The van der Waals surface area contributed by atoms with E-state index >= 15 is 0 Å². The lowest BCUT2D eigenvalue weighted by atomic mass is 10.0. The summed E-state index contributed by atoms with van der Waals surface area (Å²) in [6.07, 6.45) is 5.35. The van der Waals surface area contributed by atoms with Crippen LogP contribution in [0.15, 0.2) is 42.6 Å². The van der Waals surface area contributed by atoms with Gasteiger partial charge in [0.15, 0.2) is 23.0 Å². The van der Waals surface area contributed by atoms with E-state index in [-0.39, 0.29) is 24.0 Å². The van der Waals surface area contributed by atoms with Crippen LogP contribution in [0.3, 0.4) is 0 Å². The molecular weight excluding hydrogens is 428 g/mol. The quantitative estimate of drug-likeness (QED) is 0.451. The lowest BCUT2D eigenvalue weighted by Gasteiger charge is -2.19. The number of hydrazine groups is 1. The monoisotopic (exact) mass is 456 g/mol. The van der Waals surface area contributed by atoms with E-state index in [9.17, 15) is 4.79 Å². The summed E-state index contributed by atoms with van der Waals surface area (Å²) in [6, 6.07) is 10.9. The molecule has 1 saturated heterocycles. The summed E-state index contributed by atoms with van der Waals surface area (Å²) in [5, 5.41) is 11.8. The first-order valence-corrected chi connectivity index (χ1v) is 11.9. The van der Waals surface area contributed by atoms with Crippen molar-refractivity contribution in [1.82, 2.24) is 30.8 Å². The fourth-order valence-corrected chi connectivity index (χ4v) is 4.36. The second-order valence-electron chi connectivity index (χ2n) is 7.57. The Kier molecular flexibility index (Phi) is 7.13. The van der Waals surface area contributed by atoms with Crippen LogP contribution in [0.1, 0.15) is 36.3 Å². The number of amides is 1. The zero-order chi connectivity index (χ0) is 22.5. The largest absolute Gasteiger partial charge is 0.493 e. The third-order valence-corrected chi connectivity index (χ3v) is 6.25. The highest BCUT2D eigenvalue weighted by Crippen LogP contribution is 2.32. The summed E-state index contributed by atoms with van der Waals surface area (Å²) in [7, 11) is 3.22. The highest BCUT2D eigenvalue weighted by Gasteiger charge is 2.32. The van der Waals surface area contributed by atoms with E-state index in [0.717, 1.165) is 29.2 Å². The number of methoxy groups -OCH3 is 2. The van der Waals surface area contributed by atoms with Gasteiger partial charge in [0.05, 0.1) is 20.3 Å². The fraction of sp³-hybridized carbons (Fsp3) is 0.409. The van der Waals surface area contributed by atoms with E-state index in [1.54, 1.807) is 26.0 Å². The number of pyridine rings is 1. The van der Waals surface area contributed by atoms with Crippen LogP contribution in [0.4, 0.5) is 0 Å². The van der Waals surface area contributed by atoms with Gasteiger partial charge in [0.25, 0.3) is 0 Å². The van der Waals surface area contributed by atoms with E-state index in [0.29, 0.717) is 17.9 Å². The Morgan fingerprint density at radius 1 is 1.22 bits per heavy atom. The van der Waals surface area contributed by atoms with Crippen LogP contribution < -0.4 is 25.6 Å². The molecule has 3 N–H and O–H groups in total. The van der Waals surface area contributed by atoms with Gasteiger partial charge in [-0.05, 0) is 54.7 Å². The molecule has 2 unspecified atom stereocenters. The molecular formula is C22H28N6O3S. The number of rotatable bonds is 9. The molecule has 0 spiro atoms. The molecule has 1 aliphatic rings. The third-order valence-electron chi connectivity index (χ3n) is 5.61. The maximum atomic E-state index is 13.1. The minimum absolute atomic E-state index is 0.0240. The van der Waals surface area contributed by atoms with Gasteiger partial charge in [-0.15, -0.1) is 10.2 Å². The second kappa shape index (κ2) is 10.2. The van der Waals surface area contributed by atoms with Crippen LogP contribution in [-0.4, -0.2) is 52.8 Å². The van der Waals surface area contributed by atoms with Crippen LogP contribution >= 0.6 is 11.8 Å². The molecule has 0 radical (unpaired) electrons. The average molecular weight is 457 g/mol. The van der Waals surface area contributed by atoms with Crippen LogP contribution in [-0.2, 0) is 4.79 Å². The van der Waals surface area contributed by atoms with Gasteiger partial charge in [-0.3, -0.25) is 9.20 Å². The first-order chi connectivity index (χ1) is 15.6. The van der Waals surface area contributed by atoms with Crippen molar-refractivity contribution in [3.8, 4) is 11.5 Å². The molecule has 0 saturated carbocycles. The smallest absolute Gasteiger partial charge is 0.239 e. The average Bonchev–Trinajstić information content (AvgIpc) is 3.49. The Morgan fingerprint density at radius 3 is 2.84 bits per heavy atom. The molecule has 2 aromatic heterocycles. The molecule has 1 fully saturated rings. The number of benzene rings is 1. The zero-order valence-corrected chi connectivity index (χ0v) is 19.2. The van der Waals surface area contributed by atoms with E-state index < -0.39 is 0 Å². The van der Waals surface area contributed by atoms with Crippen molar-refractivity contribution in [1.29, 1.82) is 0 Å². The summed E-state index contributed by atoms with van der Waals surface area (Å²) in [5.74, 6) is 2.91. The number of thioether (sulfide) groups is 1. The highest BCUT2D eigenvalue weighted by atomic mass is 32.2. The first-order valence-electron chi connectivity index (χ1n) is 10.5. The van der Waals surface area contributed by atoms with Crippen LogP contribution in [0, 0.1) is 0 Å². The first kappa shape index (κ1) is 22.4. The zero-order valence-electron chi connectivity index (χ0n) is 18.4. The molecule has 0 bridgehead atoms. The number of carbonyl (C=O) groups excluding carboxylic acids is 1. The van der Waals surface area contributed by atoms with Crippen molar-refractivity contribution in [3.63, 3.8) is 0 Å². The Hall–Kier alpha value is -2.82. The SMILES string of the molecule is COc1ccc(C2CC(C(=O)N[C@H](CCSC)c3nnc4ccccn34)NN2)cc1OC. The van der Waals surface area contributed by atoms with Gasteiger partial charge in [-0.2, -0.15) is 11.8 Å². The summed E-state index contributed by atoms with van der Waals surface area (Å²) in [5.41, 5.74) is 8.15. The van der Waals surface area contributed by atoms with Crippen molar-refractivity contribution < 1.29 is 14.3 Å². The van der Waals surface area contributed by atoms with Gasteiger partial charge in [-0.1, -0.05) is 12.1 Å². The minimum Gasteiger partial charge on any atom is -0.493 e. The molecule has 1 aromatic carbocycles. The predicted molar refractivity (Wildman–Crippen MR) is 124 cm³/mol. The number of aromatic nitrogens is 3. The van der Waals surface area contributed by atoms with E-state index in [1.807, 2.05) is 47.0 Å². The van der Waals surface area contributed by atoms with Crippen LogP contribution in [0.5, 0.6) is 11.5 Å². The summed E-state index contributed by atoms with van der Waals surface area (Å²) in [6.45, 7) is 0. The summed E-state index contributed by atoms with van der Waals surface area (Å²) in [4.78, 5) is 13.1. The molecule has 170 valence electrons. The molecule has 1 amide bonds. The number of fused-ring (bicyclic) bond motifs is 1. The van der Waals surface area contributed by atoms with Crippen LogP contribution in [0.2, 0.25) is 0 Å². The second-order valence-corrected chi connectivity index (χ2v) is 8.56. The standard InChI is InChI=1S/C22H28N6O3S/c1-30-18-8-7-14(12-19(18)31-2)16-13-17(25-24-16)22(29)23-15(9-11-32-3)21-27-26-20-6-4-5-10-28(20)21/h4-8,10,12,15-17,24-25H,9,11,13H2,1-3H3,(H,23,29)/t15-,16?,17?/m1/s1. The Morgan fingerprint density at radius 2 is 2.06 bits per heavy atom. The molecule has 3 aromatic rings.